The highest BCUT2D eigenvalue weighted by Gasteiger charge is 2.19. The maximum absolute atomic E-state index is 12.6. The van der Waals surface area contributed by atoms with Crippen molar-refractivity contribution in [3.05, 3.63) is 78.4 Å². The third kappa shape index (κ3) is 4.28. The van der Waals surface area contributed by atoms with Gasteiger partial charge in [0.2, 0.25) is 5.91 Å². The minimum atomic E-state index is -0.167. The molecule has 0 aliphatic carbocycles. The SMILES string of the molecule is O=C(Cn1ccnc1)N[C@H](Cc1ccccc1)c1ccc2c(c1)OCCO2. The summed E-state index contributed by atoms with van der Waals surface area (Å²) < 4.78 is 13.1. The monoisotopic (exact) mass is 363 g/mol. The number of benzene rings is 2. The molecule has 0 saturated carbocycles. The molecule has 2 aromatic carbocycles. The fourth-order valence-electron chi connectivity index (χ4n) is 3.16. The molecule has 138 valence electrons. The zero-order valence-electron chi connectivity index (χ0n) is 14.9. The predicted molar refractivity (Wildman–Crippen MR) is 101 cm³/mol. The van der Waals surface area contributed by atoms with Gasteiger partial charge in [0.25, 0.3) is 0 Å². The highest BCUT2D eigenvalue weighted by molar-refractivity contribution is 5.76. The molecule has 3 aromatic rings. The van der Waals surface area contributed by atoms with Gasteiger partial charge in [-0.1, -0.05) is 36.4 Å². The molecule has 1 aliphatic rings. The summed E-state index contributed by atoms with van der Waals surface area (Å²) in [6.45, 7) is 1.32. The van der Waals surface area contributed by atoms with Crippen molar-refractivity contribution < 1.29 is 14.3 Å². The number of hydrogen-bond acceptors (Lipinski definition) is 4. The average Bonchev–Trinajstić information content (AvgIpc) is 3.21. The van der Waals surface area contributed by atoms with Gasteiger partial charge in [0.15, 0.2) is 11.5 Å². The molecule has 2 heterocycles. The van der Waals surface area contributed by atoms with Gasteiger partial charge >= 0.3 is 0 Å². The van der Waals surface area contributed by atoms with Gasteiger partial charge in [-0.25, -0.2) is 4.98 Å². The van der Waals surface area contributed by atoms with E-state index in [9.17, 15) is 4.79 Å². The van der Waals surface area contributed by atoms with Gasteiger partial charge in [-0.3, -0.25) is 4.79 Å². The molecule has 0 fully saturated rings. The topological polar surface area (TPSA) is 65.4 Å². The number of nitrogens with zero attached hydrogens (tertiary/aromatic N) is 2. The Balaban J connectivity index is 1.56. The van der Waals surface area contributed by atoms with Gasteiger partial charge in [0.05, 0.1) is 12.4 Å². The van der Waals surface area contributed by atoms with E-state index in [2.05, 4.69) is 22.4 Å². The Kier molecular flexibility index (Phi) is 5.05. The predicted octanol–water partition coefficient (Wildman–Crippen LogP) is 2.75. The molecule has 6 heteroatoms. The first-order valence-corrected chi connectivity index (χ1v) is 8.96. The van der Waals surface area contributed by atoms with Crippen molar-refractivity contribution in [2.45, 2.75) is 19.0 Å². The van der Waals surface area contributed by atoms with Crippen LogP contribution in [0.5, 0.6) is 11.5 Å². The second kappa shape index (κ2) is 7.95. The molecule has 1 atom stereocenters. The van der Waals surface area contributed by atoms with Crippen LogP contribution in [0.15, 0.2) is 67.3 Å². The Morgan fingerprint density at radius 1 is 1.11 bits per heavy atom. The Labute approximate surface area is 157 Å². The molecule has 1 aromatic heterocycles. The molecule has 4 rings (SSSR count). The lowest BCUT2D eigenvalue weighted by Crippen LogP contribution is -2.32. The largest absolute Gasteiger partial charge is 0.486 e. The van der Waals surface area contributed by atoms with E-state index in [4.69, 9.17) is 9.47 Å². The fraction of sp³-hybridized carbons (Fsp3) is 0.238. The van der Waals surface area contributed by atoms with E-state index in [0.29, 0.717) is 19.6 Å². The van der Waals surface area contributed by atoms with Gasteiger partial charge in [-0.2, -0.15) is 0 Å². The highest BCUT2D eigenvalue weighted by Crippen LogP contribution is 2.33. The number of fused-ring (bicyclic) bond motifs is 1. The Hall–Kier alpha value is -3.28. The summed E-state index contributed by atoms with van der Waals surface area (Å²) >= 11 is 0. The molecule has 0 saturated heterocycles. The molecular formula is C21H21N3O3. The van der Waals surface area contributed by atoms with Crippen molar-refractivity contribution in [3.8, 4) is 11.5 Å². The van der Waals surface area contributed by atoms with Crippen molar-refractivity contribution in [3.63, 3.8) is 0 Å². The van der Waals surface area contributed by atoms with Crippen LogP contribution in [0, 0.1) is 0 Å². The summed E-state index contributed by atoms with van der Waals surface area (Å²) in [6, 6.07) is 15.8. The van der Waals surface area contributed by atoms with E-state index in [1.165, 1.54) is 0 Å². The number of carbonyl (C=O) groups excluding carboxylic acids is 1. The molecule has 0 radical (unpaired) electrons. The van der Waals surface area contributed by atoms with Crippen molar-refractivity contribution in [1.82, 2.24) is 14.9 Å². The maximum Gasteiger partial charge on any atom is 0.240 e. The lowest BCUT2D eigenvalue weighted by molar-refractivity contribution is -0.122. The van der Waals surface area contributed by atoms with Crippen LogP contribution >= 0.6 is 0 Å². The van der Waals surface area contributed by atoms with E-state index < -0.39 is 0 Å². The number of imidazole rings is 1. The first-order valence-electron chi connectivity index (χ1n) is 8.96. The third-order valence-corrected chi connectivity index (χ3v) is 4.47. The first kappa shape index (κ1) is 17.1. The summed E-state index contributed by atoms with van der Waals surface area (Å²) in [6.07, 6.45) is 5.76. The van der Waals surface area contributed by atoms with Crippen LogP contribution in [-0.2, 0) is 17.8 Å². The second-order valence-corrected chi connectivity index (χ2v) is 6.45. The van der Waals surface area contributed by atoms with Crippen LogP contribution in [0.25, 0.3) is 0 Å². The summed E-state index contributed by atoms with van der Waals surface area (Å²) in [5, 5.41) is 3.14. The second-order valence-electron chi connectivity index (χ2n) is 6.45. The quantitative estimate of drug-likeness (QED) is 0.731. The number of hydrogen-bond donors (Lipinski definition) is 1. The Bertz CT molecular complexity index is 894. The standard InChI is InChI=1S/C21H21N3O3/c25-21(14-24-9-8-22-15-24)23-18(12-16-4-2-1-3-5-16)17-6-7-19-20(13-17)27-11-10-26-19/h1-9,13,15,18H,10-12,14H2,(H,23,25)/t18-/m1/s1. The van der Waals surface area contributed by atoms with Gasteiger partial charge in [-0.05, 0) is 29.7 Å². The Morgan fingerprint density at radius 2 is 1.93 bits per heavy atom. The smallest absolute Gasteiger partial charge is 0.240 e. The third-order valence-electron chi connectivity index (χ3n) is 4.47. The molecule has 27 heavy (non-hydrogen) atoms. The van der Waals surface area contributed by atoms with E-state index in [1.54, 1.807) is 23.3 Å². The van der Waals surface area contributed by atoms with Crippen molar-refractivity contribution in [2.24, 2.45) is 0 Å². The van der Waals surface area contributed by atoms with Crippen LogP contribution in [-0.4, -0.2) is 28.7 Å². The van der Waals surface area contributed by atoms with E-state index >= 15 is 0 Å². The average molecular weight is 363 g/mol. The van der Waals surface area contributed by atoms with E-state index in [-0.39, 0.29) is 18.5 Å². The van der Waals surface area contributed by atoms with Crippen LogP contribution in [0.2, 0.25) is 0 Å². The molecule has 0 unspecified atom stereocenters. The molecule has 0 bridgehead atoms. The van der Waals surface area contributed by atoms with Gasteiger partial charge < -0.3 is 19.4 Å². The molecule has 0 spiro atoms. The van der Waals surface area contributed by atoms with Gasteiger partial charge in [0, 0.05) is 12.4 Å². The molecule has 1 N–H and O–H groups in total. The lowest BCUT2D eigenvalue weighted by Gasteiger charge is -2.23. The van der Waals surface area contributed by atoms with Crippen molar-refractivity contribution in [1.29, 1.82) is 0 Å². The van der Waals surface area contributed by atoms with Crippen LogP contribution in [0.3, 0.4) is 0 Å². The van der Waals surface area contributed by atoms with Gasteiger partial charge in [-0.15, -0.1) is 0 Å². The van der Waals surface area contributed by atoms with Crippen LogP contribution < -0.4 is 14.8 Å². The normalized spacial score (nSPS) is 13.8. The highest BCUT2D eigenvalue weighted by atomic mass is 16.6. The number of nitrogens with one attached hydrogen (secondary N) is 1. The summed E-state index contributed by atoms with van der Waals surface area (Å²) in [5.41, 5.74) is 2.14. The number of carbonyl (C=O) groups is 1. The summed E-state index contributed by atoms with van der Waals surface area (Å²) in [4.78, 5) is 16.5. The number of ether oxygens (including phenoxy) is 2. The van der Waals surface area contributed by atoms with E-state index in [0.717, 1.165) is 22.6 Å². The molecule has 6 nitrogen and oxygen atoms in total. The number of aromatic nitrogens is 2. The van der Waals surface area contributed by atoms with Gasteiger partial charge in [0.1, 0.15) is 19.8 Å². The summed E-state index contributed by atoms with van der Waals surface area (Å²) in [7, 11) is 0. The Morgan fingerprint density at radius 3 is 2.70 bits per heavy atom. The minimum Gasteiger partial charge on any atom is -0.486 e. The maximum atomic E-state index is 12.6. The zero-order chi connectivity index (χ0) is 18.5. The lowest BCUT2D eigenvalue weighted by atomic mass is 9.98. The summed E-state index contributed by atoms with van der Waals surface area (Å²) in [5.74, 6) is 1.40. The van der Waals surface area contributed by atoms with E-state index in [1.807, 2.05) is 36.4 Å². The van der Waals surface area contributed by atoms with Crippen molar-refractivity contribution in [2.75, 3.05) is 13.2 Å². The first-order chi connectivity index (χ1) is 13.3. The number of rotatable bonds is 6. The van der Waals surface area contributed by atoms with Crippen molar-refractivity contribution >= 4 is 5.91 Å². The fourth-order valence-corrected chi connectivity index (χ4v) is 3.16. The zero-order valence-corrected chi connectivity index (χ0v) is 14.9. The van der Waals surface area contributed by atoms with Crippen LogP contribution in [0.1, 0.15) is 17.2 Å². The minimum absolute atomic E-state index is 0.0659. The number of amides is 1. The van der Waals surface area contributed by atoms with Crippen LogP contribution in [0.4, 0.5) is 0 Å². The molecule has 1 aliphatic heterocycles. The molecular weight excluding hydrogens is 342 g/mol. The molecule has 1 amide bonds.